The van der Waals surface area contributed by atoms with E-state index in [0.717, 1.165) is 5.56 Å². The van der Waals surface area contributed by atoms with Crippen molar-refractivity contribution in [3.8, 4) is 0 Å². The molecular formula is C17H21N3O3. The fourth-order valence-electron chi connectivity index (χ4n) is 3.22. The molecule has 0 N–H and O–H groups in total. The third kappa shape index (κ3) is 2.99. The molecule has 23 heavy (non-hydrogen) atoms. The number of imide groups is 1. The first-order valence-electron chi connectivity index (χ1n) is 7.88. The first kappa shape index (κ1) is 15.7. The maximum atomic E-state index is 12.5. The molecule has 0 spiro atoms. The van der Waals surface area contributed by atoms with Crippen LogP contribution >= 0.6 is 0 Å². The second kappa shape index (κ2) is 6.12. The Bertz CT molecular complexity index is 650. The van der Waals surface area contributed by atoms with Gasteiger partial charge in [0.05, 0.1) is 12.5 Å². The fraction of sp³-hybridized carbons (Fsp3) is 0.471. The van der Waals surface area contributed by atoms with Crippen molar-refractivity contribution in [3.63, 3.8) is 0 Å². The first-order valence-corrected chi connectivity index (χ1v) is 7.88. The van der Waals surface area contributed by atoms with E-state index in [0.29, 0.717) is 31.7 Å². The van der Waals surface area contributed by atoms with E-state index < -0.39 is 0 Å². The van der Waals surface area contributed by atoms with E-state index in [1.807, 2.05) is 41.0 Å². The Labute approximate surface area is 135 Å². The summed E-state index contributed by atoms with van der Waals surface area (Å²) in [7, 11) is 1.53. The third-order valence-electron chi connectivity index (χ3n) is 4.66. The number of amides is 3. The van der Waals surface area contributed by atoms with Crippen molar-refractivity contribution in [2.45, 2.75) is 19.4 Å². The van der Waals surface area contributed by atoms with E-state index in [2.05, 4.69) is 0 Å². The summed E-state index contributed by atoms with van der Waals surface area (Å²) in [6.07, 6.45) is 0.251. The van der Waals surface area contributed by atoms with Gasteiger partial charge in [0.1, 0.15) is 0 Å². The van der Waals surface area contributed by atoms with E-state index in [-0.39, 0.29) is 30.2 Å². The molecule has 6 nitrogen and oxygen atoms in total. The number of carbonyl (C=O) groups excluding carboxylic acids is 3. The minimum Gasteiger partial charge on any atom is -0.336 e. The molecule has 0 aromatic heterocycles. The van der Waals surface area contributed by atoms with Crippen LogP contribution in [0.2, 0.25) is 0 Å². The average Bonchev–Trinajstić information content (AvgIpc) is 2.82. The molecule has 2 fully saturated rings. The van der Waals surface area contributed by atoms with Crippen LogP contribution in [0, 0.1) is 6.92 Å². The maximum Gasteiger partial charge on any atom is 0.253 e. The van der Waals surface area contributed by atoms with E-state index in [9.17, 15) is 14.4 Å². The summed E-state index contributed by atoms with van der Waals surface area (Å²) in [5.74, 6) is -0.231. The summed E-state index contributed by atoms with van der Waals surface area (Å²) >= 11 is 0. The highest BCUT2D eigenvalue weighted by atomic mass is 16.2. The van der Waals surface area contributed by atoms with Crippen LogP contribution < -0.4 is 0 Å². The van der Waals surface area contributed by atoms with Gasteiger partial charge in [-0.1, -0.05) is 17.7 Å². The maximum absolute atomic E-state index is 12.5. The number of hydrogen-bond donors (Lipinski definition) is 0. The molecule has 0 aliphatic carbocycles. The van der Waals surface area contributed by atoms with Crippen LogP contribution in [0.1, 0.15) is 22.3 Å². The Morgan fingerprint density at radius 2 is 1.83 bits per heavy atom. The number of nitrogens with zero attached hydrogens (tertiary/aromatic N) is 3. The molecule has 2 aliphatic rings. The Morgan fingerprint density at radius 3 is 2.39 bits per heavy atom. The van der Waals surface area contributed by atoms with Gasteiger partial charge in [-0.3, -0.25) is 24.2 Å². The molecular weight excluding hydrogens is 294 g/mol. The van der Waals surface area contributed by atoms with E-state index in [1.165, 1.54) is 11.9 Å². The Kier molecular flexibility index (Phi) is 4.17. The van der Waals surface area contributed by atoms with Gasteiger partial charge in [0.25, 0.3) is 5.91 Å². The van der Waals surface area contributed by atoms with Gasteiger partial charge in [0.15, 0.2) is 0 Å². The van der Waals surface area contributed by atoms with Crippen LogP contribution in [0.4, 0.5) is 0 Å². The molecule has 0 saturated carbocycles. The predicted octanol–water partition coefficient (Wildman–Crippen LogP) is 0.510. The fourth-order valence-corrected chi connectivity index (χ4v) is 3.22. The highest BCUT2D eigenvalue weighted by Crippen LogP contribution is 2.19. The van der Waals surface area contributed by atoms with E-state index >= 15 is 0 Å². The highest BCUT2D eigenvalue weighted by molar-refractivity contribution is 6.05. The number of rotatable bonds is 2. The average molecular weight is 315 g/mol. The number of aryl methyl sites for hydroxylation is 1. The zero-order chi connectivity index (χ0) is 16.6. The Morgan fingerprint density at radius 1 is 1.13 bits per heavy atom. The van der Waals surface area contributed by atoms with Crippen molar-refractivity contribution in [1.82, 2.24) is 14.7 Å². The SMILES string of the molecule is Cc1cccc(C(=O)N2CCN(C3CC(=O)N(C)C3=O)CC2)c1. The van der Waals surface area contributed by atoms with Gasteiger partial charge in [-0.15, -0.1) is 0 Å². The molecule has 1 unspecified atom stereocenters. The van der Waals surface area contributed by atoms with Crippen molar-refractivity contribution < 1.29 is 14.4 Å². The molecule has 1 aromatic rings. The van der Waals surface area contributed by atoms with Gasteiger partial charge in [-0.25, -0.2) is 0 Å². The number of likely N-dealkylation sites (tertiary alicyclic amines) is 1. The third-order valence-corrected chi connectivity index (χ3v) is 4.66. The zero-order valence-electron chi connectivity index (χ0n) is 13.5. The number of benzene rings is 1. The largest absolute Gasteiger partial charge is 0.336 e. The number of piperazine rings is 1. The van der Waals surface area contributed by atoms with Crippen LogP contribution in [-0.4, -0.2) is 71.7 Å². The summed E-state index contributed by atoms with van der Waals surface area (Å²) in [4.78, 5) is 41.3. The lowest BCUT2D eigenvalue weighted by atomic mass is 10.1. The molecule has 0 radical (unpaired) electrons. The lowest BCUT2D eigenvalue weighted by Gasteiger charge is -2.37. The molecule has 6 heteroatoms. The van der Waals surface area contributed by atoms with Crippen LogP contribution in [0.15, 0.2) is 24.3 Å². The van der Waals surface area contributed by atoms with Crippen LogP contribution in [0.3, 0.4) is 0 Å². The Hall–Kier alpha value is -2.21. The smallest absolute Gasteiger partial charge is 0.253 e. The monoisotopic (exact) mass is 315 g/mol. The summed E-state index contributed by atoms with van der Waals surface area (Å²) in [5.41, 5.74) is 1.76. The molecule has 3 amide bonds. The highest BCUT2D eigenvalue weighted by Gasteiger charge is 2.40. The van der Waals surface area contributed by atoms with E-state index in [4.69, 9.17) is 0 Å². The second-order valence-electron chi connectivity index (χ2n) is 6.21. The van der Waals surface area contributed by atoms with Gasteiger partial charge in [-0.2, -0.15) is 0 Å². The van der Waals surface area contributed by atoms with Crippen molar-refractivity contribution in [2.24, 2.45) is 0 Å². The van der Waals surface area contributed by atoms with Crippen molar-refractivity contribution in [2.75, 3.05) is 33.2 Å². The topological polar surface area (TPSA) is 60.9 Å². The molecule has 2 saturated heterocycles. The lowest BCUT2D eigenvalue weighted by Crippen LogP contribution is -2.53. The molecule has 1 aromatic carbocycles. The standard InChI is InChI=1S/C17H21N3O3/c1-12-4-3-5-13(10-12)16(22)20-8-6-19(7-9-20)14-11-15(21)18(2)17(14)23/h3-5,10,14H,6-9,11H2,1-2H3. The summed E-state index contributed by atoms with van der Waals surface area (Å²) in [6, 6.07) is 7.22. The molecule has 122 valence electrons. The predicted molar refractivity (Wildman–Crippen MR) is 84.8 cm³/mol. The normalized spacial score (nSPS) is 22.8. The minimum absolute atomic E-state index is 0.0271. The van der Waals surface area contributed by atoms with E-state index in [1.54, 1.807) is 0 Å². The van der Waals surface area contributed by atoms with Gasteiger partial charge >= 0.3 is 0 Å². The summed E-state index contributed by atoms with van der Waals surface area (Å²) in [6.45, 7) is 4.36. The van der Waals surface area contributed by atoms with Crippen molar-refractivity contribution in [1.29, 1.82) is 0 Å². The van der Waals surface area contributed by atoms with Gasteiger partial charge < -0.3 is 4.90 Å². The molecule has 1 atom stereocenters. The minimum atomic E-state index is -0.358. The first-order chi connectivity index (χ1) is 11.0. The van der Waals surface area contributed by atoms with Gasteiger partial charge in [0.2, 0.25) is 11.8 Å². The molecule has 2 aliphatic heterocycles. The quantitative estimate of drug-likeness (QED) is 0.746. The molecule has 0 bridgehead atoms. The van der Waals surface area contributed by atoms with Crippen LogP contribution in [-0.2, 0) is 9.59 Å². The Balaban J connectivity index is 1.62. The second-order valence-corrected chi connectivity index (χ2v) is 6.21. The number of likely N-dealkylation sites (N-methyl/N-ethyl adjacent to an activating group) is 1. The zero-order valence-corrected chi connectivity index (χ0v) is 13.5. The number of hydrogen-bond acceptors (Lipinski definition) is 4. The summed E-state index contributed by atoms with van der Waals surface area (Å²) in [5, 5.41) is 0. The molecule has 2 heterocycles. The van der Waals surface area contributed by atoms with Crippen molar-refractivity contribution in [3.05, 3.63) is 35.4 Å². The van der Waals surface area contributed by atoms with Crippen LogP contribution in [0.25, 0.3) is 0 Å². The van der Waals surface area contributed by atoms with Gasteiger partial charge in [0, 0.05) is 38.8 Å². The number of carbonyl (C=O) groups is 3. The lowest BCUT2D eigenvalue weighted by molar-refractivity contribution is -0.138. The van der Waals surface area contributed by atoms with Crippen molar-refractivity contribution >= 4 is 17.7 Å². The van der Waals surface area contributed by atoms with Crippen LogP contribution in [0.5, 0.6) is 0 Å². The van der Waals surface area contributed by atoms with Gasteiger partial charge in [-0.05, 0) is 19.1 Å². The summed E-state index contributed by atoms with van der Waals surface area (Å²) < 4.78 is 0. The molecule has 3 rings (SSSR count).